The second-order valence-corrected chi connectivity index (χ2v) is 6.67. The molecule has 1 aliphatic heterocycles. The molecule has 3 aromatic heterocycles. The number of nitrogens with zero attached hydrogens (tertiary/aromatic N) is 7. The Morgan fingerprint density at radius 3 is 2.80 bits per heavy atom. The predicted molar refractivity (Wildman–Crippen MR) is 104 cm³/mol. The Morgan fingerprint density at radius 1 is 1.20 bits per heavy atom. The molecule has 0 radical (unpaired) electrons. The lowest BCUT2D eigenvalue weighted by atomic mass is 10.1. The van der Waals surface area contributed by atoms with Crippen LogP contribution in [0.3, 0.4) is 0 Å². The molecule has 152 valence electrons. The summed E-state index contributed by atoms with van der Waals surface area (Å²) in [5.74, 6) is 0.850. The van der Waals surface area contributed by atoms with Crippen LogP contribution < -0.4 is 9.47 Å². The third kappa shape index (κ3) is 4.05. The Kier molecular flexibility index (Phi) is 5.52. The van der Waals surface area contributed by atoms with Crippen LogP contribution in [0.15, 0.2) is 42.9 Å². The van der Waals surface area contributed by atoms with Crippen LogP contribution in [-0.4, -0.2) is 62.1 Å². The largest absolute Gasteiger partial charge is 0.481 e. The van der Waals surface area contributed by atoms with Crippen LogP contribution in [0, 0.1) is 11.3 Å². The minimum atomic E-state index is -0.221. The Morgan fingerprint density at radius 2 is 2.03 bits per heavy atom. The van der Waals surface area contributed by atoms with Gasteiger partial charge in [0, 0.05) is 24.9 Å². The van der Waals surface area contributed by atoms with Gasteiger partial charge in [-0.25, -0.2) is 4.98 Å². The predicted octanol–water partition coefficient (Wildman–Crippen LogP) is 1.62. The fourth-order valence-corrected chi connectivity index (χ4v) is 3.29. The molecule has 0 bridgehead atoms. The molecule has 0 spiro atoms. The Balaban J connectivity index is 1.54. The van der Waals surface area contributed by atoms with Gasteiger partial charge in [-0.2, -0.15) is 20.4 Å². The van der Waals surface area contributed by atoms with Crippen LogP contribution in [-0.2, 0) is 0 Å². The molecule has 0 aromatic carbocycles. The highest BCUT2D eigenvalue weighted by Crippen LogP contribution is 2.22. The van der Waals surface area contributed by atoms with Gasteiger partial charge in [0.25, 0.3) is 5.91 Å². The Hall–Kier alpha value is -4.00. The van der Waals surface area contributed by atoms with Crippen molar-refractivity contribution in [2.75, 3.05) is 20.2 Å². The van der Waals surface area contributed by atoms with Crippen molar-refractivity contribution in [3.63, 3.8) is 0 Å². The summed E-state index contributed by atoms with van der Waals surface area (Å²) in [6, 6.07) is 8.57. The molecule has 10 nitrogen and oxygen atoms in total. The first kappa shape index (κ1) is 19.3. The van der Waals surface area contributed by atoms with Gasteiger partial charge in [0.2, 0.25) is 11.8 Å². The molecule has 1 saturated heterocycles. The molecule has 1 aliphatic rings. The molecule has 4 rings (SSSR count). The summed E-state index contributed by atoms with van der Waals surface area (Å²) in [6.07, 6.45) is 5.92. The van der Waals surface area contributed by atoms with Gasteiger partial charge < -0.3 is 14.4 Å². The van der Waals surface area contributed by atoms with Crippen molar-refractivity contribution in [3.8, 4) is 23.6 Å². The summed E-state index contributed by atoms with van der Waals surface area (Å²) >= 11 is 0. The minimum Gasteiger partial charge on any atom is -0.481 e. The molecule has 0 N–H and O–H groups in total. The van der Waals surface area contributed by atoms with Gasteiger partial charge in [0.1, 0.15) is 6.10 Å². The lowest BCUT2D eigenvalue weighted by Crippen LogP contribution is -2.44. The molecule has 3 aromatic rings. The zero-order chi connectivity index (χ0) is 20.9. The van der Waals surface area contributed by atoms with E-state index in [2.05, 4.69) is 26.2 Å². The number of piperidine rings is 1. The second-order valence-electron chi connectivity index (χ2n) is 6.67. The molecule has 4 heterocycles. The van der Waals surface area contributed by atoms with Crippen LogP contribution in [0.4, 0.5) is 0 Å². The molecule has 1 atom stereocenters. The zero-order valence-corrected chi connectivity index (χ0v) is 16.3. The van der Waals surface area contributed by atoms with Gasteiger partial charge in [-0.05, 0) is 25.0 Å². The van der Waals surface area contributed by atoms with Crippen molar-refractivity contribution in [2.24, 2.45) is 0 Å². The molecule has 0 aliphatic carbocycles. The lowest BCUT2D eigenvalue weighted by molar-refractivity contribution is 0.0527. The molecule has 0 unspecified atom stereocenters. The first-order valence-electron chi connectivity index (χ1n) is 9.41. The average molecular weight is 405 g/mol. The summed E-state index contributed by atoms with van der Waals surface area (Å²) in [5, 5.41) is 17.2. The number of aromatic nitrogens is 5. The monoisotopic (exact) mass is 405 g/mol. The number of likely N-dealkylation sites (tertiary alicyclic amines) is 1. The number of carbonyl (C=O) groups excluding carboxylic acids is 1. The maximum Gasteiger partial charge on any atom is 0.257 e. The number of rotatable bonds is 5. The number of pyridine rings is 2. The molecule has 1 amide bonds. The summed E-state index contributed by atoms with van der Waals surface area (Å²) in [5.41, 5.74) is 0.849. The summed E-state index contributed by atoms with van der Waals surface area (Å²) in [7, 11) is 1.51. The number of ether oxygens (including phenoxy) is 2. The fourth-order valence-electron chi connectivity index (χ4n) is 3.29. The smallest absolute Gasteiger partial charge is 0.257 e. The standard InChI is InChI=1S/C20H19N7O3/c1-29-17-5-4-16(19(25-17)27-23-8-9-24-27)20(28)26-10-2-3-15(13-26)30-18-11-14(12-21)6-7-22-18/h4-9,11,15H,2-3,10,13H2,1H3/t15-/m1/s1. The highest BCUT2D eigenvalue weighted by atomic mass is 16.5. The normalized spacial score (nSPS) is 16.0. The zero-order valence-electron chi connectivity index (χ0n) is 16.3. The third-order valence-electron chi connectivity index (χ3n) is 4.71. The van der Waals surface area contributed by atoms with Crippen LogP contribution in [0.5, 0.6) is 11.8 Å². The van der Waals surface area contributed by atoms with E-state index in [0.29, 0.717) is 41.8 Å². The van der Waals surface area contributed by atoms with Gasteiger partial charge in [-0.1, -0.05) is 0 Å². The van der Waals surface area contributed by atoms with E-state index in [0.717, 1.165) is 12.8 Å². The van der Waals surface area contributed by atoms with Crippen LogP contribution in [0.1, 0.15) is 28.8 Å². The topological polar surface area (TPSA) is 119 Å². The van der Waals surface area contributed by atoms with Crippen molar-refractivity contribution in [3.05, 3.63) is 54.0 Å². The summed E-state index contributed by atoms with van der Waals surface area (Å²) < 4.78 is 11.1. The van der Waals surface area contributed by atoms with Crippen molar-refractivity contribution < 1.29 is 14.3 Å². The highest BCUT2D eigenvalue weighted by molar-refractivity contribution is 5.97. The summed E-state index contributed by atoms with van der Waals surface area (Å²) in [6.45, 7) is 0.998. The maximum atomic E-state index is 13.3. The van der Waals surface area contributed by atoms with E-state index in [1.54, 1.807) is 29.2 Å². The van der Waals surface area contributed by atoms with Crippen LogP contribution in [0.25, 0.3) is 5.82 Å². The Bertz CT molecular complexity index is 1080. The van der Waals surface area contributed by atoms with Crippen molar-refractivity contribution in [1.82, 2.24) is 29.9 Å². The molecular formula is C20H19N7O3. The van der Waals surface area contributed by atoms with Crippen LogP contribution >= 0.6 is 0 Å². The van der Waals surface area contributed by atoms with Gasteiger partial charge in [-0.15, -0.1) is 4.80 Å². The number of methoxy groups -OCH3 is 1. The summed E-state index contributed by atoms with van der Waals surface area (Å²) in [4.78, 5) is 24.8. The first-order chi connectivity index (χ1) is 14.7. The van der Waals surface area contributed by atoms with Crippen LogP contribution in [0.2, 0.25) is 0 Å². The highest BCUT2D eigenvalue weighted by Gasteiger charge is 2.28. The third-order valence-corrected chi connectivity index (χ3v) is 4.71. The molecule has 10 heteroatoms. The Labute approximate surface area is 172 Å². The second kappa shape index (κ2) is 8.57. The van der Waals surface area contributed by atoms with Gasteiger partial charge in [-0.3, -0.25) is 4.79 Å². The van der Waals surface area contributed by atoms with Crippen molar-refractivity contribution in [2.45, 2.75) is 18.9 Å². The van der Waals surface area contributed by atoms with E-state index >= 15 is 0 Å². The van der Waals surface area contributed by atoms with Gasteiger partial charge in [0.05, 0.1) is 43.2 Å². The number of hydrogen-bond acceptors (Lipinski definition) is 8. The van der Waals surface area contributed by atoms with E-state index in [1.165, 1.54) is 30.5 Å². The van der Waals surface area contributed by atoms with E-state index in [9.17, 15) is 4.79 Å². The van der Waals surface area contributed by atoms with E-state index in [4.69, 9.17) is 14.7 Å². The number of carbonyl (C=O) groups is 1. The van der Waals surface area contributed by atoms with E-state index in [-0.39, 0.29) is 12.0 Å². The molecule has 30 heavy (non-hydrogen) atoms. The number of amides is 1. The molecule has 1 fully saturated rings. The number of hydrogen-bond donors (Lipinski definition) is 0. The SMILES string of the molecule is COc1ccc(C(=O)N2CCC[C@@H](Oc3cc(C#N)ccn3)C2)c(-n2nccn2)n1. The lowest BCUT2D eigenvalue weighted by Gasteiger charge is -2.32. The molecular weight excluding hydrogens is 386 g/mol. The van der Waals surface area contributed by atoms with Gasteiger partial charge in [0.15, 0.2) is 5.82 Å². The van der Waals surface area contributed by atoms with Crippen molar-refractivity contribution >= 4 is 5.91 Å². The minimum absolute atomic E-state index is 0.190. The average Bonchev–Trinajstić information content (AvgIpc) is 3.33. The molecule has 0 saturated carbocycles. The van der Waals surface area contributed by atoms with Crippen molar-refractivity contribution in [1.29, 1.82) is 5.26 Å². The van der Waals surface area contributed by atoms with E-state index < -0.39 is 0 Å². The number of nitriles is 1. The maximum absolute atomic E-state index is 13.3. The van der Waals surface area contributed by atoms with E-state index in [1.807, 2.05) is 0 Å². The fraction of sp³-hybridized carbons (Fsp3) is 0.300. The quantitative estimate of drug-likeness (QED) is 0.628. The van der Waals surface area contributed by atoms with Gasteiger partial charge >= 0.3 is 0 Å². The first-order valence-corrected chi connectivity index (χ1v) is 9.41.